The summed E-state index contributed by atoms with van der Waals surface area (Å²) in [7, 11) is 1.60. The minimum atomic E-state index is -0.962. The van der Waals surface area contributed by atoms with Crippen molar-refractivity contribution >= 4 is 17.7 Å². The number of aliphatic carboxylic acids is 1. The molecule has 24 heavy (non-hydrogen) atoms. The molecular weight excluding hydrogens is 308 g/mol. The topological polar surface area (TPSA) is 87.5 Å². The van der Waals surface area contributed by atoms with Crippen LogP contribution in [0, 0.1) is 0 Å². The number of anilines is 1. The molecule has 1 heterocycles. The van der Waals surface area contributed by atoms with Crippen LogP contribution in [0.4, 0.5) is 5.82 Å². The van der Waals surface area contributed by atoms with E-state index in [1.54, 1.807) is 11.7 Å². The van der Waals surface area contributed by atoms with Gasteiger partial charge in [0.05, 0.1) is 24.5 Å². The summed E-state index contributed by atoms with van der Waals surface area (Å²) in [4.78, 5) is 24.3. The van der Waals surface area contributed by atoms with Crippen molar-refractivity contribution in [1.29, 1.82) is 0 Å². The number of carboxylic acids is 1. The van der Waals surface area contributed by atoms with Gasteiger partial charge in [0.15, 0.2) is 0 Å². The third kappa shape index (κ3) is 3.99. The molecule has 1 aromatic heterocycles. The van der Waals surface area contributed by atoms with Gasteiger partial charge in [-0.05, 0) is 32.0 Å². The average molecular weight is 328 g/mol. The molecule has 2 N–H and O–H groups in total. The number of carboxylic acid groups (broad SMARTS) is 1. The summed E-state index contributed by atoms with van der Waals surface area (Å²) in [5.41, 5.74) is 1.85. The van der Waals surface area contributed by atoms with Crippen molar-refractivity contribution in [3.05, 3.63) is 42.1 Å². The van der Waals surface area contributed by atoms with Crippen LogP contribution >= 0.6 is 0 Å². The van der Waals surface area contributed by atoms with Gasteiger partial charge in [0.2, 0.25) is 5.91 Å². The fourth-order valence-corrected chi connectivity index (χ4v) is 2.55. The molecule has 3 rings (SSSR count). The van der Waals surface area contributed by atoms with Gasteiger partial charge in [-0.2, -0.15) is 5.10 Å². The Morgan fingerprint density at radius 1 is 1.29 bits per heavy atom. The zero-order valence-electron chi connectivity index (χ0n) is 13.5. The number of likely N-dealkylation sites (N-methyl/N-ethyl adjacent to an activating group) is 1. The molecule has 0 spiro atoms. The molecule has 0 saturated heterocycles. The summed E-state index contributed by atoms with van der Waals surface area (Å²) >= 11 is 0. The number of hydrogen-bond acceptors (Lipinski definition) is 4. The number of benzene rings is 1. The number of rotatable bonds is 7. The predicted molar refractivity (Wildman–Crippen MR) is 89.3 cm³/mol. The van der Waals surface area contributed by atoms with Gasteiger partial charge in [0.1, 0.15) is 5.82 Å². The van der Waals surface area contributed by atoms with E-state index in [0.717, 1.165) is 24.2 Å². The lowest BCUT2D eigenvalue weighted by molar-refractivity contribution is -0.138. The Bertz CT molecular complexity index is 738. The Balaban J connectivity index is 1.76. The molecular formula is C17H20N4O3. The van der Waals surface area contributed by atoms with Gasteiger partial charge < -0.3 is 10.4 Å². The summed E-state index contributed by atoms with van der Waals surface area (Å²) in [6.07, 6.45) is 2.25. The van der Waals surface area contributed by atoms with Crippen LogP contribution in [0.2, 0.25) is 0 Å². The van der Waals surface area contributed by atoms with E-state index >= 15 is 0 Å². The van der Waals surface area contributed by atoms with Gasteiger partial charge in [-0.3, -0.25) is 14.5 Å². The highest BCUT2D eigenvalue weighted by atomic mass is 16.4. The first-order chi connectivity index (χ1) is 11.5. The molecule has 0 unspecified atom stereocenters. The number of nitrogens with one attached hydrogen (secondary N) is 1. The molecule has 0 bridgehead atoms. The van der Waals surface area contributed by atoms with E-state index in [1.807, 2.05) is 36.4 Å². The van der Waals surface area contributed by atoms with E-state index in [1.165, 1.54) is 4.90 Å². The maximum absolute atomic E-state index is 12.2. The lowest BCUT2D eigenvalue weighted by atomic mass is 10.3. The van der Waals surface area contributed by atoms with Crippen LogP contribution < -0.4 is 5.32 Å². The molecule has 1 aliphatic carbocycles. The van der Waals surface area contributed by atoms with Crippen molar-refractivity contribution in [1.82, 2.24) is 14.7 Å². The average Bonchev–Trinajstić information content (AvgIpc) is 3.29. The quantitative estimate of drug-likeness (QED) is 0.808. The predicted octanol–water partition coefficient (Wildman–Crippen LogP) is 1.70. The molecule has 126 valence electrons. The molecule has 0 radical (unpaired) electrons. The second-order valence-corrected chi connectivity index (χ2v) is 6.09. The number of carbonyl (C=O) groups excluding carboxylic acids is 1. The van der Waals surface area contributed by atoms with Crippen LogP contribution in [0.5, 0.6) is 0 Å². The first-order valence-electron chi connectivity index (χ1n) is 7.88. The second-order valence-electron chi connectivity index (χ2n) is 6.09. The monoisotopic (exact) mass is 328 g/mol. The first kappa shape index (κ1) is 16.2. The number of amides is 1. The number of para-hydroxylation sites is 1. The Morgan fingerprint density at radius 2 is 2.00 bits per heavy atom. The highest BCUT2D eigenvalue weighted by molar-refractivity contribution is 5.92. The van der Waals surface area contributed by atoms with Crippen molar-refractivity contribution < 1.29 is 14.7 Å². The summed E-state index contributed by atoms with van der Waals surface area (Å²) in [6.45, 7) is -0.177. The Labute approximate surface area is 139 Å². The minimum Gasteiger partial charge on any atom is -0.480 e. The molecule has 0 atom stereocenters. The van der Waals surface area contributed by atoms with E-state index in [-0.39, 0.29) is 19.0 Å². The van der Waals surface area contributed by atoms with E-state index in [0.29, 0.717) is 11.7 Å². The molecule has 1 saturated carbocycles. The van der Waals surface area contributed by atoms with Crippen molar-refractivity contribution in [2.45, 2.75) is 18.8 Å². The normalized spacial score (nSPS) is 13.9. The molecule has 2 aromatic rings. The number of carbonyl (C=O) groups is 2. The lowest BCUT2D eigenvalue weighted by Crippen LogP contribution is -2.34. The maximum Gasteiger partial charge on any atom is 0.317 e. The van der Waals surface area contributed by atoms with E-state index in [9.17, 15) is 9.59 Å². The highest BCUT2D eigenvalue weighted by Gasteiger charge is 2.28. The molecule has 7 heteroatoms. The number of nitrogens with zero attached hydrogens (tertiary/aromatic N) is 3. The summed E-state index contributed by atoms with van der Waals surface area (Å²) < 4.78 is 1.72. The maximum atomic E-state index is 12.2. The van der Waals surface area contributed by atoms with Gasteiger partial charge >= 0.3 is 5.97 Å². The summed E-state index contributed by atoms with van der Waals surface area (Å²) in [5, 5.41) is 16.2. The lowest BCUT2D eigenvalue weighted by Gasteiger charge is -2.14. The minimum absolute atomic E-state index is 0.00499. The second kappa shape index (κ2) is 6.84. The van der Waals surface area contributed by atoms with Crippen LogP contribution in [0.3, 0.4) is 0 Å². The van der Waals surface area contributed by atoms with Crippen molar-refractivity contribution in [3.8, 4) is 5.69 Å². The van der Waals surface area contributed by atoms with Gasteiger partial charge in [-0.1, -0.05) is 18.2 Å². The van der Waals surface area contributed by atoms with Crippen LogP contribution in [0.1, 0.15) is 24.5 Å². The van der Waals surface area contributed by atoms with Crippen LogP contribution in [0.15, 0.2) is 36.4 Å². The number of hydrogen-bond donors (Lipinski definition) is 2. The van der Waals surface area contributed by atoms with Crippen molar-refractivity contribution in [3.63, 3.8) is 0 Å². The molecule has 1 fully saturated rings. The summed E-state index contributed by atoms with van der Waals surface area (Å²) in [5.74, 6) is -0.147. The Morgan fingerprint density at radius 3 is 2.62 bits per heavy atom. The molecule has 1 aliphatic rings. The van der Waals surface area contributed by atoms with E-state index in [4.69, 9.17) is 5.11 Å². The summed E-state index contributed by atoms with van der Waals surface area (Å²) in [6, 6.07) is 11.5. The molecule has 1 amide bonds. The largest absolute Gasteiger partial charge is 0.480 e. The van der Waals surface area contributed by atoms with E-state index in [2.05, 4.69) is 10.4 Å². The fourth-order valence-electron chi connectivity index (χ4n) is 2.55. The Kier molecular flexibility index (Phi) is 4.61. The van der Waals surface area contributed by atoms with Crippen molar-refractivity contribution in [2.24, 2.45) is 0 Å². The third-order valence-electron chi connectivity index (χ3n) is 3.81. The van der Waals surface area contributed by atoms with Gasteiger partial charge in [0, 0.05) is 12.0 Å². The van der Waals surface area contributed by atoms with Crippen molar-refractivity contribution in [2.75, 3.05) is 25.5 Å². The van der Waals surface area contributed by atoms with Gasteiger partial charge in [-0.15, -0.1) is 0 Å². The SMILES string of the molecule is CN(CC(=O)O)CC(=O)Nc1cc(C2CC2)nn1-c1ccccc1. The zero-order valence-corrected chi connectivity index (χ0v) is 13.5. The van der Waals surface area contributed by atoms with E-state index < -0.39 is 5.97 Å². The smallest absolute Gasteiger partial charge is 0.317 e. The van der Waals surface area contributed by atoms with Crippen LogP contribution in [-0.4, -0.2) is 51.8 Å². The van der Waals surface area contributed by atoms with Crippen LogP contribution in [-0.2, 0) is 9.59 Å². The highest BCUT2D eigenvalue weighted by Crippen LogP contribution is 2.40. The fraction of sp³-hybridized carbons (Fsp3) is 0.353. The van der Waals surface area contributed by atoms with Crippen LogP contribution in [0.25, 0.3) is 5.69 Å². The molecule has 7 nitrogen and oxygen atoms in total. The number of aromatic nitrogens is 2. The van der Waals surface area contributed by atoms with Gasteiger partial charge in [0.25, 0.3) is 0 Å². The Hall–Kier alpha value is -2.67. The third-order valence-corrected chi connectivity index (χ3v) is 3.81. The molecule has 0 aliphatic heterocycles. The molecule has 1 aromatic carbocycles. The zero-order chi connectivity index (χ0) is 17.1. The first-order valence-corrected chi connectivity index (χ1v) is 7.88. The standard InChI is InChI=1S/C17H20N4O3/c1-20(11-17(23)24)10-16(22)18-15-9-14(12-7-8-12)19-21(15)13-5-3-2-4-6-13/h2-6,9,12H,7-8,10-11H2,1H3,(H,18,22)(H,23,24). The van der Waals surface area contributed by atoms with Gasteiger partial charge in [-0.25, -0.2) is 4.68 Å².